The molecule has 10 heteroatoms. The molecule has 0 radical (unpaired) electrons. The van der Waals surface area contributed by atoms with Crippen molar-refractivity contribution in [2.45, 2.75) is 4.90 Å². The number of aromatic nitrogens is 1. The number of hydrogen-bond donors (Lipinski definition) is 3. The maximum absolute atomic E-state index is 12.4. The zero-order valence-electron chi connectivity index (χ0n) is 10.9. The highest BCUT2D eigenvalue weighted by Gasteiger charge is 2.22. The van der Waals surface area contributed by atoms with E-state index in [0.717, 1.165) is 0 Å². The van der Waals surface area contributed by atoms with Crippen molar-refractivity contribution < 1.29 is 13.2 Å². The Bertz CT molecular complexity index is 857. The van der Waals surface area contributed by atoms with Crippen LogP contribution in [0.2, 0.25) is 5.02 Å². The lowest BCUT2D eigenvalue weighted by Crippen LogP contribution is -2.20. The monoisotopic (exact) mass is 404 g/mol. The van der Waals surface area contributed by atoms with Gasteiger partial charge in [-0.1, -0.05) is 17.7 Å². The van der Waals surface area contributed by atoms with E-state index in [2.05, 4.69) is 25.6 Å². The van der Waals surface area contributed by atoms with E-state index in [1.807, 2.05) is 0 Å². The minimum absolute atomic E-state index is 0.0352. The number of amides is 1. The predicted octanol–water partition coefficient (Wildman–Crippen LogP) is 1.98. The minimum Gasteiger partial charge on any atom is -0.383 e. The van der Waals surface area contributed by atoms with Gasteiger partial charge in [0.05, 0.1) is 16.3 Å². The van der Waals surface area contributed by atoms with Crippen LogP contribution in [0.5, 0.6) is 0 Å². The van der Waals surface area contributed by atoms with Crippen LogP contribution >= 0.6 is 27.5 Å². The molecule has 7 nitrogen and oxygen atoms in total. The van der Waals surface area contributed by atoms with E-state index in [4.69, 9.17) is 23.1 Å². The first-order chi connectivity index (χ1) is 10.2. The van der Waals surface area contributed by atoms with Gasteiger partial charge in [-0.05, 0) is 34.1 Å². The largest absolute Gasteiger partial charge is 0.383 e. The van der Waals surface area contributed by atoms with Crippen molar-refractivity contribution in [1.82, 2.24) is 4.98 Å². The maximum atomic E-state index is 12.4. The average molecular weight is 406 g/mol. The third-order valence-corrected chi connectivity index (χ3v) is 4.79. The Morgan fingerprint density at radius 2 is 2.05 bits per heavy atom. The standard InChI is InChI=1S/C12H10BrClN4O3S/c13-6-4-9(11(15)17-5-6)22(20,21)18-8-3-1-2-7(14)10(8)12(16)19/h1-5,18H,(H2,15,17)(H2,16,19). The molecule has 1 heterocycles. The summed E-state index contributed by atoms with van der Waals surface area (Å²) in [6, 6.07) is 5.56. The van der Waals surface area contributed by atoms with Crippen LogP contribution in [0.3, 0.4) is 0 Å². The average Bonchev–Trinajstić information content (AvgIpc) is 2.40. The van der Waals surface area contributed by atoms with E-state index >= 15 is 0 Å². The Morgan fingerprint density at radius 1 is 1.36 bits per heavy atom. The molecule has 5 N–H and O–H groups in total. The molecule has 1 aromatic carbocycles. The molecule has 116 valence electrons. The molecular weight excluding hydrogens is 396 g/mol. The summed E-state index contributed by atoms with van der Waals surface area (Å²) in [6.07, 6.45) is 1.36. The van der Waals surface area contributed by atoms with Gasteiger partial charge in [-0.25, -0.2) is 13.4 Å². The SMILES string of the molecule is NC(=O)c1c(Cl)cccc1NS(=O)(=O)c1cc(Br)cnc1N. The molecular formula is C12H10BrClN4O3S. The Kier molecular flexibility index (Phi) is 4.59. The molecule has 1 aromatic heterocycles. The first kappa shape index (κ1) is 16.5. The second-order valence-corrected chi connectivity index (χ2v) is 7.14. The number of benzene rings is 1. The second kappa shape index (κ2) is 6.11. The van der Waals surface area contributed by atoms with Gasteiger partial charge >= 0.3 is 0 Å². The highest BCUT2D eigenvalue weighted by atomic mass is 79.9. The summed E-state index contributed by atoms with van der Waals surface area (Å²) in [6.45, 7) is 0. The number of nitrogens with one attached hydrogen (secondary N) is 1. The van der Waals surface area contributed by atoms with Crippen molar-refractivity contribution in [3.63, 3.8) is 0 Å². The minimum atomic E-state index is -4.07. The number of nitrogen functional groups attached to an aromatic ring is 1. The molecule has 0 aliphatic carbocycles. The summed E-state index contributed by atoms with van der Waals surface area (Å²) < 4.78 is 27.5. The van der Waals surface area contributed by atoms with Gasteiger partial charge in [0.2, 0.25) is 0 Å². The van der Waals surface area contributed by atoms with Crippen LogP contribution in [-0.4, -0.2) is 19.3 Å². The van der Waals surface area contributed by atoms with Gasteiger partial charge in [-0.3, -0.25) is 9.52 Å². The normalized spacial score (nSPS) is 11.2. The molecule has 0 aliphatic rings. The molecule has 22 heavy (non-hydrogen) atoms. The van der Waals surface area contributed by atoms with Crippen molar-refractivity contribution in [3.8, 4) is 0 Å². The van der Waals surface area contributed by atoms with E-state index in [1.165, 1.54) is 30.5 Å². The number of carbonyl (C=O) groups excluding carboxylic acids is 1. The number of anilines is 2. The number of nitrogens with zero attached hydrogens (tertiary/aromatic N) is 1. The molecule has 0 aliphatic heterocycles. The number of nitrogens with two attached hydrogens (primary N) is 2. The molecule has 0 unspecified atom stereocenters. The topological polar surface area (TPSA) is 128 Å². The Morgan fingerprint density at radius 3 is 2.68 bits per heavy atom. The van der Waals surface area contributed by atoms with Gasteiger partial charge in [-0.15, -0.1) is 0 Å². The third-order valence-electron chi connectivity index (χ3n) is 2.64. The molecule has 0 bridgehead atoms. The summed E-state index contributed by atoms with van der Waals surface area (Å²) in [5.74, 6) is -1.04. The molecule has 2 rings (SSSR count). The van der Waals surface area contributed by atoms with Gasteiger partial charge < -0.3 is 11.5 Å². The zero-order valence-corrected chi connectivity index (χ0v) is 14.0. The molecule has 0 saturated carbocycles. The lowest BCUT2D eigenvalue weighted by atomic mass is 10.2. The third kappa shape index (κ3) is 3.32. The van der Waals surface area contributed by atoms with Crippen LogP contribution in [0.25, 0.3) is 0 Å². The number of pyridine rings is 1. The van der Waals surface area contributed by atoms with Gasteiger partial charge in [0.1, 0.15) is 10.7 Å². The highest BCUT2D eigenvalue weighted by molar-refractivity contribution is 9.10. The summed E-state index contributed by atoms with van der Waals surface area (Å²) in [5.41, 5.74) is 10.6. The van der Waals surface area contributed by atoms with Crippen LogP contribution in [0, 0.1) is 0 Å². The van der Waals surface area contributed by atoms with Crippen LogP contribution < -0.4 is 16.2 Å². The summed E-state index contributed by atoms with van der Waals surface area (Å²) >= 11 is 8.99. The number of carbonyl (C=O) groups is 1. The fourth-order valence-electron chi connectivity index (χ4n) is 1.71. The van der Waals surface area contributed by atoms with E-state index in [0.29, 0.717) is 4.47 Å². The van der Waals surface area contributed by atoms with Gasteiger partial charge in [0.25, 0.3) is 15.9 Å². The lowest BCUT2D eigenvalue weighted by Gasteiger charge is -2.13. The summed E-state index contributed by atoms with van der Waals surface area (Å²) in [5, 5.41) is 0.0352. The number of halogens is 2. The van der Waals surface area contributed by atoms with E-state index in [-0.39, 0.29) is 27.0 Å². The number of sulfonamides is 1. The molecule has 0 fully saturated rings. The Hall–Kier alpha value is -1.84. The van der Waals surface area contributed by atoms with Gasteiger partial charge in [-0.2, -0.15) is 0 Å². The van der Waals surface area contributed by atoms with Crippen molar-refractivity contribution in [1.29, 1.82) is 0 Å². The second-order valence-electron chi connectivity index (χ2n) is 4.17. The van der Waals surface area contributed by atoms with Crippen LogP contribution in [0.15, 0.2) is 39.8 Å². The van der Waals surface area contributed by atoms with Crippen molar-refractivity contribution in [2.24, 2.45) is 5.73 Å². The van der Waals surface area contributed by atoms with Crippen molar-refractivity contribution >= 4 is 55.0 Å². The van der Waals surface area contributed by atoms with Crippen molar-refractivity contribution in [3.05, 3.63) is 45.5 Å². The van der Waals surface area contributed by atoms with Gasteiger partial charge in [0, 0.05) is 10.7 Å². The zero-order chi connectivity index (χ0) is 16.5. The fraction of sp³-hybridized carbons (Fsp3) is 0. The first-order valence-electron chi connectivity index (χ1n) is 5.74. The lowest BCUT2D eigenvalue weighted by molar-refractivity contribution is 0.100. The Labute approximate surface area is 139 Å². The predicted molar refractivity (Wildman–Crippen MR) is 87.1 cm³/mol. The van der Waals surface area contributed by atoms with Gasteiger partial charge in [0.15, 0.2) is 0 Å². The van der Waals surface area contributed by atoms with Crippen LogP contribution in [0.4, 0.5) is 11.5 Å². The van der Waals surface area contributed by atoms with E-state index in [1.54, 1.807) is 0 Å². The number of rotatable bonds is 4. The molecule has 0 atom stereocenters. The highest BCUT2D eigenvalue weighted by Crippen LogP contribution is 2.28. The number of primary amides is 1. The molecule has 0 saturated heterocycles. The fourth-order valence-corrected chi connectivity index (χ4v) is 3.64. The molecule has 0 spiro atoms. The molecule has 2 aromatic rings. The maximum Gasteiger partial charge on any atom is 0.265 e. The van der Waals surface area contributed by atoms with E-state index < -0.39 is 15.9 Å². The van der Waals surface area contributed by atoms with Crippen LogP contribution in [-0.2, 0) is 10.0 Å². The first-order valence-corrected chi connectivity index (χ1v) is 8.40. The van der Waals surface area contributed by atoms with Crippen molar-refractivity contribution in [2.75, 3.05) is 10.5 Å². The Balaban J connectivity index is 2.53. The molecule has 1 amide bonds. The van der Waals surface area contributed by atoms with Crippen LogP contribution in [0.1, 0.15) is 10.4 Å². The quantitative estimate of drug-likeness (QED) is 0.716. The smallest absolute Gasteiger partial charge is 0.265 e. The number of hydrogen-bond acceptors (Lipinski definition) is 5. The van der Waals surface area contributed by atoms with E-state index in [9.17, 15) is 13.2 Å². The summed E-state index contributed by atoms with van der Waals surface area (Å²) in [7, 11) is -4.07. The summed E-state index contributed by atoms with van der Waals surface area (Å²) in [4.78, 5) is 15.0.